The highest BCUT2D eigenvalue weighted by Gasteiger charge is 2.16. The number of ether oxygens (including phenoxy) is 1. The minimum Gasteiger partial charge on any atom is -0.461 e. The van der Waals surface area contributed by atoms with Crippen molar-refractivity contribution in [1.82, 2.24) is 4.57 Å². The molecule has 5 heteroatoms. The van der Waals surface area contributed by atoms with Crippen molar-refractivity contribution in [2.24, 2.45) is 0 Å². The number of hydrogen-bond donors (Lipinski definition) is 0. The highest BCUT2D eigenvalue weighted by atomic mass is 35.5. The van der Waals surface area contributed by atoms with E-state index in [-0.39, 0.29) is 6.54 Å². The summed E-state index contributed by atoms with van der Waals surface area (Å²) >= 11 is 5.93. The Hall–Kier alpha value is -1.99. The summed E-state index contributed by atoms with van der Waals surface area (Å²) in [4.78, 5) is 11.8. The monoisotopic (exact) mass is 262 g/mol. The third-order valence-corrected chi connectivity index (χ3v) is 2.81. The number of esters is 1. The van der Waals surface area contributed by atoms with Crippen molar-refractivity contribution in [2.45, 2.75) is 13.5 Å². The molecule has 0 aliphatic heterocycles. The Morgan fingerprint density at radius 2 is 2.28 bits per heavy atom. The average Bonchev–Trinajstić information content (AvgIpc) is 2.69. The molecule has 92 valence electrons. The van der Waals surface area contributed by atoms with Crippen molar-refractivity contribution >= 4 is 28.5 Å². The fourth-order valence-corrected chi connectivity index (χ4v) is 2.01. The van der Waals surface area contributed by atoms with Gasteiger partial charge < -0.3 is 9.30 Å². The maximum atomic E-state index is 11.8. The summed E-state index contributed by atoms with van der Waals surface area (Å²) in [6, 6.07) is 9.03. The molecular weight excluding hydrogens is 252 g/mol. The minimum absolute atomic E-state index is 0.0813. The lowest BCUT2D eigenvalue weighted by Gasteiger charge is -2.05. The molecule has 0 unspecified atom stereocenters. The van der Waals surface area contributed by atoms with Gasteiger partial charge in [0.25, 0.3) is 0 Å². The quantitative estimate of drug-likeness (QED) is 0.799. The van der Waals surface area contributed by atoms with Crippen LogP contribution in [0.4, 0.5) is 0 Å². The van der Waals surface area contributed by atoms with Crippen LogP contribution in [-0.2, 0) is 11.3 Å². The molecule has 0 saturated heterocycles. The van der Waals surface area contributed by atoms with Crippen molar-refractivity contribution in [1.29, 1.82) is 5.26 Å². The first-order valence-corrected chi connectivity index (χ1v) is 5.88. The highest BCUT2D eigenvalue weighted by molar-refractivity contribution is 6.31. The summed E-state index contributed by atoms with van der Waals surface area (Å²) in [7, 11) is 0. The Bertz CT molecular complexity index is 640. The van der Waals surface area contributed by atoms with E-state index in [1.165, 1.54) is 0 Å². The van der Waals surface area contributed by atoms with Gasteiger partial charge in [-0.05, 0) is 25.1 Å². The van der Waals surface area contributed by atoms with Gasteiger partial charge in [-0.15, -0.1) is 0 Å². The minimum atomic E-state index is -0.430. The molecule has 18 heavy (non-hydrogen) atoms. The third kappa shape index (κ3) is 2.18. The van der Waals surface area contributed by atoms with Crippen molar-refractivity contribution in [3.05, 3.63) is 35.0 Å². The van der Waals surface area contributed by atoms with E-state index in [2.05, 4.69) is 0 Å². The first-order chi connectivity index (χ1) is 8.67. The number of carbonyl (C=O) groups is 1. The molecule has 1 heterocycles. The van der Waals surface area contributed by atoms with Gasteiger partial charge in [-0.3, -0.25) is 0 Å². The molecule has 0 spiro atoms. The number of rotatable bonds is 3. The van der Waals surface area contributed by atoms with Crippen molar-refractivity contribution in [3.63, 3.8) is 0 Å². The zero-order chi connectivity index (χ0) is 13.1. The van der Waals surface area contributed by atoms with E-state index in [1.807, 2.05) is 12.1 Å². The lowest BCUT2D eigenvalue weighted by molar-refractivity contribution is 0.0515. The Morgan fingerprint density at radius 3 is 2.94 bits per heavy atom. The molecule has 4 nitrogen and oxygen atoms in total. The molecule has 1 aromatic carbocycles. The van der Waals surface area contributed by atoms with Gasteiger partial charge in [-0.1, -0.05) is 17.7 Å². The molecule has 0 amide bonds. The SMILES string of the molecule is CCOC(=O)c1cc2ccc(Cl)cc2n1CC#N. The molecular formula is C13H11ClN2O2. The maximum absolute atomic E-state index is 11.8. The summed E-state index contributed by atoms with van der Waals surface area (Å²) in [5, 5.41) is 10.3. The van der Waals surface area contributed by atoms with Gasteiger partial charge in [-0.25, -0.2) is 4.79 Å². The maximum Gasteiger partial charge on any atom is 0.355 e. The molecule has 0 atom stereocenters. The van der Waals surface area contributed by atoms with Gasteiger partial charge in [0.2, 0.25) is 0 Å². The number of nitrogens with zero attached hydrogens (tertiary/aromatic N) is 2. The number of hydrogen-bond acceptors (Lipinski definition) is 3. The largest absolute Gasteiger partial charge is 0.461 e. The van der Waals surface area contributed by atoms with Crippen LogP contribution in [0.5, 0.6) is 0 Å². The fourth-order valence-electron chi connectivity index (χ4n) is 1.84. The van der Waals surface area contributed by atoms with Gasteiger partial charge in [-0.2, -0.15) is 5.26 Å². The predicted octanol–water partition coefficient (Wildman–Crippen LogP) is 2.99. The van der Waals surface area contributed by atoms with Gasteiger partial charge in [0.15, 0.2) is 0 Å². The van der Waals surface area contributed by atoms with E-state index in [0.29, 0.717) is 17.3 Å². The first kappa shape index (κ1) is 12.5. The van der Waals surface area contributed by atoms with Crippen LogP contribution < -0.4 is 0 Å². The van der Waals surface area contributed by atoms with Gasteiger partial charge in [0, 0.05) is 10.4 Å². The van der Waals surface area contributed by atoms with E-state index in [9.17, 15) is 4.79 Å². The molecule has 0 radical (unpaired) electrons. The second-order valence-electron chi connectivity index (χ2n) is 3.70. The Kier molecular flexibility index (Phi) is 3.54. The predicted molar refractivity (Wildman–Crippen MR) is 68.5 cm³/mol. The number of carbonyl (C=O) groups excluding carboxylic acids is 1. The molecule has 0 N–H and O–H groups in total. The number of aromatic nitrogens is 1. The van der Waals surface area contributed by atoms with Crippen LogP contribution in [0.2, 0.25) is 5.02 Å². The van der Waals surface area contributed by atoms with E-state index in [1.54, 1.807) is 29.7 Å². The topological polar surface area (TPSA) is 55.0 Å². The zero-order valence-electron chi connectivity index (χ0n) is 9.81. The summed E-state index contributed by atoms with van der Waals surface area (Å²) in [6.45, 7) is 2.12. The average molecular weight is 263 g/mol. The molecule has 0 aliphatic rings. The number of nitriles is 1. The van der Waals surface area contributed by atoms with E-state index < -0.39 is 5.97 Å². The molecule has 2 rings (SSSR count). The number of benzene rings is 1. The Balaban J connectivity index is 2.62. The second-order valence-corrected chi connectivity index (χ2v) is 4.13. The summed E-state index contributed by atoms with van der Waals surface area (Å²) in [5.41, 5.74) is 1.13. The lowest BCUT2D eigenvalue weighted by atomic mass is 10.2. The van der Waals surface area contributed by atoms with Crippen LogP contribution in [-0.4, -0.2) is 17.1 Å². The van der Waals surface area contributed by atoms with Crippen LogP contribution in [0.25, 0.3) is 10.9 Å². The number of halogens is 1. The van der Waals surface area contributed by atoms with Crippen LogP contribution in [0.1, 0.15) is 17.4 Å². The van der Waals surface area contributed by atoms with Crippen molar-refractivity contribution in [2.75, 3.05) is 6.61 Å². The Labute approximate surface area is 109 Å². The summed E-state index contributed by atoms with van der Waals surface area (Å²) < 4.78 is 6.58. The van der Waals surface area contributed by atoms with Gasteiger partial charge in [0.05, 0.1) is 18.2 Å². The van der Waals surface area contributed by atoms with E-state index >= 15 is 0 Å². The van der Waals surface area contributed by atoms with Crippen molar-refractivity contribution in [3.8, 4) is 6.07 Å². The van der Waals surface area contributed by atoms with E-state index in [0.717, 1.165) is 10.9 Å². The molecule has 0 fully saturated rings. The first-order valence-electron chi connectivity index (χ1n) is 5.50. The molecule has 0 bridgehead atoms. The smallest absolute Gasteiger partial charge is 0.355 e. The molecule has 1 aromatic heterocycles. The van der Waals surface area contributed by atoms with E-state index in [4.69, 9.17) is 21.6 Å². The molecule has 0 aliphatic carbocycles. The summed E-state index contributed by atoms with van der Waals surface area (Å²) in [5.74, 6) is -0.430. The van der Waals surface area contributed by atoms with Crippen LogP contribution in [0.15, 0.2) is 24.3 Å². The van der Waals surface area contributed by atoms with Gasteiger partial charge >= 0.3 is 5.97 Å². The molecule has 2 aromatic rings. The number of fused-ring (bicyclic) bond motifs is 1. The normalized spacial score (nSPS) is 10.3. The Morgan fingerprint density at radius 1 is 1.50 bits per heavy atom. The third-order valence-electron chi connectivity index (χ3n) is 2.58. The van der Waals surface area contributed by atoms with Crippen molar-refractivity contribution < 1.29 is 9.53 Å². The standard InChI is InChI=1S/C13H11ClN2O2/c1-2-18-13(17)12-7-9-3-4-10(14)8-11(9)16(12)6-5-15/h3-4,7-8H,2,6H2,1H3. The lowest BCUT2D eigenvalue weighted by Crippen LogP contribution is -2.11. The molecule has 0 saturated carbocycles. The highest BCUT2D eigenvalue weighted by Crippen LogP contribution is 2.24. The van der Waals surface area contributed by atoms with Gasteiger partial charge in [0.1, 0.15) is 12.2 Å². The van der Waals surface area contributed by atoms with Crippen LogP contribution in [0.3, 0.4) is 0 Å². The van der Waals surface area contributed by atoms with Crippen LogP contribution >= 0.6 is 11.6 Å². The fraction of sp³-hybridized carbons (Fsp3) is 0.231. The van der Waals surface area contributed by atoms with Crippen LogP contribution in [0, 0.1) is 11.3 Å². The zero-order valence-corrected chi connectivity index (χ0v) is 10.6. The summed E-state index contributed by atoms with van der Waals surface area (Å²) in [6.07, 6.45) is 0. The second kappa shape index (κ2) is 5.11.